The molecule has 1 unspecified atom stereocenters. The van der Waals surface area contributed by atoms with Gasteiger partial charge >= 0.3 is 0 Å². The zero-order valence-corrected chi connectivity index (χ0v) is 15.9. The molecular weight excluding hydrogens is 332 g/mol. The lowest BCUT2D eigenvalue weighted by Gasteiger charge is -2.33. The largest absolute Gasteiger partial charge is 0.342 e. The van der Waals surface area contributed by atoms with Crippen LogP contribution in [0.4, 0.5) is 0 Å². The summed E-state index contributed by atoms with van der Waals surface area (Å²) >= 11 is 0. The topological polar surface area (TPSA) is 85.0 Å². The Morgan fingerprint density at radius 2 is 2.19 bits per heavy atom. The third kappa shape index (κ3) is 4.46. The monoisotopic (exact) mass is 360 g/mol. The maximum Gasteiger partial charge on any atom is 0.224 e. The summed E-state index contributed by atoms with van der Waals surface area (Å²) in [6.45, 7) is 5.83. The van der Waals surface area contributed by atoms with E-state index in [4.69, 9.17) is 0 Å². The molecule has 0 saturated carbocycles. The minimum absolute atomic E-state index is 0.163. The molecule has 142 valence electrons. The van der Waals surface area contributed by atoms with E-state index in [1.807, 2.05) is 24.2 Å². The van der Waals surface area contributed by atoms with E-state index >= 15 is 0 Å². The number of hydrogen-bond donors (Lipinski definition) is 0. The lowest BCUT2D eigenvalue weighted by Crippen LogP contribution is -2.40. The normalized spacial score (nSPS) is 17.8. The summed E-state index contributed by atoms with van der Waals surface area (Å²) in [6.07, 6.45) is 6.43. The Bertz CT molecular complexity index is 722. The highest BCUT2D eigenvalue weighted by Crippen LogP contribution is 2.26. The summed E-state index contributed by atoms with van der Waals surface area (Å²) in [4.78, 5) is 21.4. The summed E-state index contributed by atoms with van der Waals surface area (Å²) < 4.78 is 3.90. The molecule has 9 nitrogen and oxygen atoms in total. The number of nitrogens with zero attached hydrogens (tertiary/aromatic N) is 8. The molecule has 1 aliphatic rings. The highest BCUT2D eigenvalue weighted by molar-refractivity contribution is 5.76. The lowest BCUT2D eigenvalue weighted by molar-refractivity contribution is -0.132. The molecule has 0 N–H and O–H groups in total. The minimum Gasteiger partial charge on any atom is -0.342 e. The molecule has 0 aliphatic carbocycles. The first-order valence-corrected chi connectivity index (χ1v) is 9.21. The number of likely N-dealkylation sites (N-methyl/N-ethyl adjacent to an activating group) is 1. The van der Waals surface area contributed by atoms with Crippen molar-refractivity contribution in [3.05, 3.63) is 24.0 Å². The first-order chi connectivity index (χ1) is 12.5. The van der Waals surface area contributed by atoms with Crippen LogP contribution in [0.25, 0.3) is 0 Å². The average Bonchev–Trinajstić information content (AvgIpc) is 3.26. The lowest BCUT2D eigenvalue weighted by atomic mass is 9.96. The van der Waals surface area contributed by atoms with E-state index in [1.54, 1.807) is 4.68 Å². The van der Waals surface area contributed by atoms with Gasteiger partial charge in [0.15, 0.2) is 0 Å². The van der Waals surface area contributed by atoms with Crippen molar-refractivity contribution >= 4 is 5.91 Å². The molecule has 1 fully saturated rings. The van der Waals surface area contributed by atoms with E-state index in [0.29, 0.717) is 18.9 Å². The standard InChI is InChI=1S/C17H28N8O/c1-14-19-20-21-25(14)9-6-16(26)24-8-4-5-15(13-24)17-18-7-10-23(17)12-11-22(2)3/h7,10,15H,4-6,8-9,11-13H2,1-3H3. The van der Waals surface area contributed by atoms with Crippen molar-refractivity contribution in [3.63, 3.8) is 0 Å². The number of tetrazole rings is 1. The summed E-state index contributed by atoms with van der Waals surface area (Å²) in [7, 11) is 4.15. The zero-order chi connectivity index (χ0) is 18.5. The molecule has 1 atom stereocenters. The number of hydrogen-bond acceptors (Lipinski definition) is 6. The van der Waals surface area contributed by atoms with Gasteiger partial charge in [-0.25, -0.2) is 9.67 Å². The second kappa shape index (κ2) is 8.39. The Labute approximate surface area is 154 Å². The quantitative estimate of drug-likeness (QED) is 0.716. The van der Waals surface area contributed by atoms with Crippen molar-refractivity contribution in [1.29, 1.82) is 0 Å². The Balaban J connectivity index is 1.58. The van der Waals surface area contributed by atoms with Crippen LogP contribution in [0.1, 0.15) is 36.8 Å². The van der Waals surface area contributed by atoms with Crippen LogP contribution in [0.15, 0.2) is 12.4 Å². The molecule has 26 heavy (non-hydrogen) atoms. The summed E-state index contributed by atoms with van der Waals surface area (Å²) in [6, 6.07) is 0. The predicted octanol–water partition coefficient (Wildman–Crippen LogP) is 0.536. The summed E-state index contributed by atoms with van der Waals surface area (Å²) in [5, 5.41) is 11.4. The van der Waals surface area contributed by atoms with Crippen LogP contribution in [-0.4, -0.2) is 79.2 Å². The van der Waals surface area contributed by atoms with Gasteiger partial charge < -0.3 is 14.4 Å². The van der Waals surface area contributed by atoms with E-state index in [1.165, 1.54) is 0 Å². The van der Waals surface area contributed by atoms with Gasteiger partial charge in [0.2, 0.25) is 5.91 Å². The van der Waals surface area contributed by atoms with Gasteiger partial charge in [-0.1, -0.05) is 0 Å². The van der Waals surface area contributed by atoms with Crippen LogP contribution < -0.4 is 0 Å². The fourth-order valence-electron chi connectivity index (χ4n) is 3.41. The van der Waals surface area contributed by atoms with Crippen LogP contribution in [0.3, 0.4) is 0 Å². The van der Waals surface area contributed by atoms with Crippen molar-refractivity contribution in [2.45, 2.75) is 45.2 Å². The Morgan fingerprint density at radius 1 is 1.35 bits per heavy atom. The fourth-order valence-corrected chi connectivity index (χ4v) is 3.41. The summed E-state index contributed by atoms with van der Waals surface area (Å²) in [5.74, 6) is 2.30. The molecular formula is C17H28N8O. The third-order valence-electron chi connectivity index (χ3n) is 4.92. The van der Waals surface area contributed by atoms with Crippen LogP contribution in [0.5, 0.6) is 0 Å². The van der Waals surface area contributed by atoms with E-state index in [-0.39, 0.29) is 5.91 Å². The highest BCUT2D eigenvalue weighted by atomic mass is 16.2. The molecule has 3 rings (SSSR count). The minimum atomic E-state index is 0.163. The predicted molar refractivity (Wildman–Crippen MR) is 96.5 cm³/mol. The van der Waals surface area contributed by atoms with E-state index in [9.17, 15) is 4.79 Å². The number of imidazole rings is 1. The molecule has 9 heteroatoms. The van der Waals surface area contributed by atoms with Crippen LogP contribution in [-0.2, 0) is 17.9 Å². The van der Waals surface area contributed by atoms with Crippen molar-refractivity contribution < 1.29 is 4.79 Å². The Hall–Kier alpha value is -2.29. The zero-order valence-electron chi connectivity index (χ0n) is 15.9. The number of aromatic nitrogens is 6. The molecule has 1 aliphatic heterocycles. The van der Waals surface area contributed by atoms with Crippen molar-refractivity contribution in [2.24, 2.45) is 0 Å². The number of likely N-dealkylation sites (tertiary alicyclic amines) is 1. The smallest absolute Gasteiger partial charge is 0.224 e. The third-order valence-corrected chi connectivity index (χ3v) is 4.92. The molecule has 1 saturated heterocycles. The number of carbonyl (C=O) groups excluding carboxylic acids is 1. The average molecular weight is 360 g/mol. The van der Waals surface area contributed by atoms with Gasteiger partial charge in [0.05, 0.1) is 6.54 Å². The molecule has 1 amide bonds. The number of rotatable bonds is 7. The van der Waals surface area contributed by atoms with Gasteiger partial charge in [-0.3, -0.25) is 4.79 Å². The number of piperidine rings is 1. The molecule has 2 aromatic heterocycles. The first-order valence-electron chi connectivity index (χ1n) is 9.21. The van der Waals surface area contributed by atoms with E-state index < -0.39 is 0 Å². The number of amides is 1. The second-order valence-corrected chi connectivity index (χ2v) is 7.16. The van der Waals surface area contributed by atoms with Crippen molar-refractivity contribution in [2.75, 3.05) is 33.7 Å². The maximum absolute atomic E-state index is 12.6. The van der Waals surface area contributed by atoms with Crippen LogP contribution in [0, 0.1) is 6.92 Å². The van der Waals surface area contributed by atoms with Crippen molar-refractivity contribution in [1.82, 2.24) is 39.6 Å². The van der Waals surface area contributed by atoms with Gasteiger partial charge in [-0.05, 0) is 44.3 Å². The van der Waals surface area contributed by atoms with Gasteiger partial charge in [0, 0.05) is 50.9 Å². The van der Waals surface area contributed by atoms with Crippen molar-refractivity contribution in [3.8, 4) is 0 Å². The molecule has 0 spiro atoms. The van der Waals surface area contributed by atoms with Crippen LogP contribution in [0.2, 0.25) is 0 Å². The highest BCUT2D eigenvalue weighted by Gasteiger charge is 2.27. The van der Waals surface area contributed by atoms with Gasteiger partial charge in [0.1, 0.15) is 11.6 Å². The fraction of sp³-hybridized carbons (Fsp3) is 0.706. The first kappa shape index (κ1) is 18.5. The van der Waals surface area contributed by atoms with Gasteiger partial charge in [0.25, 0.3) is 0 Å². The van der Waals surface area contributed by atoms with E-state index in [2.05, 4.69) is 44.1 Å². The molecule has 0 bridgehead atoms. The Morgan fingerprint density at radius 3 is 2.92 bits per heavy atom. The molecule has 3 heterocycles. The molecule has 0 aromatic carbocycles. The van der Waals surface area contributed by atoms with E-state index in [0.717, 1.165) is 50.7 Å². The maximum atomic E-state index is 12.6. The van der Waals surface area contributed by atoms with Crippen LogP contribution >= 0.6 is 0 Å². The van der Waals surface area contributed by atoms with Gasteiger partial charge in [-0.2, -0.15) is 0 Å². The number of carbonyl (C=O) groups is 1. The second-order valence-electron chi connectivity index (χ2n) is 7.16. The molecule has 2 aromatic rings. The SMILES string of the molecule is Cc1nnnn1CCC(=O)N1CCCC(c2nccn2CCN(C)C)C1. The Kier molecular flexibility index (Phi) is 5.97. The number of aryl methyl sites for hydroxylation is 2. The van der Waals surface area contributed by atoms with Gasteiger partial charge in [-0.15, -0.1) is 5.10 Å². The summed E-state index contributed by atoms with van der Waals surface area (Å²) in [5.41, 5.74) is 0. The molecule has 0 radical (unpaired) electrons.